The number of aromatic hydroxyl groups is 1. The van der Waals surface area contributed by atoms with Crippen LogP contribution >= 0.6 is 11.8 Å². The summed E-state index contributed by atoms with van der Waals surface area (Å²) in [4.78, 5) is 12.6. The Morgan fingerprint density at radius 2 is 1.90 bits per heavy atom. The molecule has 2 N–H and O–H groups in total. The third kappa shape index (κ3) is 5.39. The number of hydrogen-bond donors (Lipinski definition) is 2. The van der Waals surface area contributed by atoms with Gasteiger partial charge in [0.05, 0.1) is 24.3 Å². The highest BCUT2D eigenvalue weighted by Gasteiger charge is 2.24. The molecule has 2 aromatic carbocycles. The molecule has 0 radical (unpaired) electrons. The van der Waals surface area contributed by atoms with E-state index in [0.29, 0.717) is 34.6 Å². The number of hydrogen-bond acceptors (Lipinski definition) is 7. The quantitative estimate of drug-likeness (QED) is 0.411. The molecule has 0 aliphatic carbocycles. The van der Waals surface area contributed by atoms with Crippen molar-refractivity contribution in [1.82, 2.24) is 5.32 Å². The van der Waals surface area contributed by atoms with Crippen LogP contribution in [-0.4, -0.2) is 35.6 Å². The summed E-state index contributed by atoms with van der Waals surface area (Å²) in [5.41, 5.74) is 1.31. The number of benzene rings is 2. The Bertz CT molecular complexity index is 986. The van der Waals surface area contributed by atoms with Gasteiger partial charge in [0.25, 0.3) is 5.91 Å². The van der Waals surface area contributed by atoms with Gasteiger partial charge in [-0.25, -0.2) is 0 Å². The molecular formula is C21H21N3O4S. The van der Waals surface area contributed by atoms with Gasteiger partial charge < -0.3 is 14.6 Å². The van der Waals surface area contributed by atoms with Crippen molar-refractivity contribution >= 4 is 35.1 Å². The van der Waals surface area contributed by atoms with E-state index in [9.17, 15) is 9.90 Å². The van der Waals surface area contributed by atoms with Gasteiger partial charge in [-0.3, -0.25) is 10.1 Å². The lowest BCUT2D eigenvalue weighted by Gasteiger charge is -2.09. The molecule has 0 atom stereocenters. The molecule has 1 aliphatic rings. The Morgan fingerprint density at radius 1 is 1.10 bits per heavy atom. The fourth-order valence-electron chi connectivity index (χ4n) is 2.53. The van der Waals surface area contributed by atoms with Gasteiger partial charge in [0.2, 0.25) is 0 Å². The molecule has 3 rings (SSSR count). The van der Waals surface area contributed by atoms with Crippen LogP contribution in [0.3, 0.4) is 0 Å². The zero-order chi connectivity index (χ0) is 20.6. The summed E-state index contributed by atoms with van der Waals surface area (Å²) in [5, 5.41) is 21.0. The summed E-state index contributed by atoms with van der Waals surface area (Å²) in [6.07, 6.45) is 3.17. The van der Waals surface area contributed by atoms with Crippen molar-refractivity contribution in [3.63, 3.8) is 0 Å². The van der Waals surface area contributed by atoms with E-state index in [-0.39, 0.29) is 11.7 Å². The summed E-state index contributed by atoms with van der Waals surface area (Å²) in [6.45, 7) is 4.90. The Labute approximate surface area is 173 Å². The lowest BCUT2D eigenvalue weighted by Crippen LogP contribution is -2.19. The van der Waals surface area contributed by atoms with E-state index in [1.54, 1.807) is 42.6 Å². The van der Waals surface area contributed by atoms with Crippen molar-refractivity contribution in [2.24, 2.45) is 10.2 Å². The summed E-state index contributed by atoms with van der Waals surface area (Å²) < 4.78 is 11.1. The highest BCUT2D eigenvalue weighted by atomic mass is 32.2. The van der Waals surface area contributed by atoms with Crippen LogP contribution in [0.15, 0.2) is 57.6 Å². The Kier molecular flexibility index (Phi) is 6.91. The first-order chi connectivity index (χ1) is 14.1. The summed E-state index contributed by atoms with van der Waals surface area (Å²) in [5.74, 6) is 1.18. The second-order valence-electron chi connectivity index (χ2n) is 5.84. The van der Waals surface area contributed by atoms with Crippen LogP contribution in [-0.2, 0) is 4.79 Å². The number of nitrogens with one attached hydrogen (secondary N) is 1. The van der Waals surface area contributed by atoms with Crippen LogP contribution in [0.2, 0.25) is 0 Å². The molecule has 2 aromatic rings. The predicted octanol–water partition coefficient (Wildman–Crippen LogP) is 3.78. The molecular weight excluding hydrogens is 390 g/mol. The SMILES string of the molecule is CCOc1ccc(/C=N/N=C2\NC(=O)/C(=C/c3ccccc3O)S2)c(OCC)c1. The fraction of sp³-hybridized carbons (Fsp3) is 0.190. The van der Waals surface area contributed by atoms with E-state index in [0.717, 1.165) is 23.1 Å². The number of rotatable bonds is 7. The largest absolute Gasteiger partial charge is 0.507 e. The van der Waals surface area contributed by atoms with Crippen LogP contribution in [0.5, 0.6) is 17.2 Å². The molecule has 1 amide bonds. The topological polar surface area (TPSA) is 92.5 Å². The third-order valence-electron chi connectivity index (χ3n) is 3.82. The van der Waals surface area contributed by atoms with Gasteiger partial charge in [0, 0.05) is 17.2 Å². The van der Waals surface area contributed by atoms with Crippen molar-refractivity contribution in [1.29, 1.82) is 0 Å². The molecule has 0 spiro atoms. The summed E-state index contributed by atoms with van der Waals surface area (Å²) >= 11 is 1.16. The van der Waals surface area contributed by atoms with Crippen LogP contribution in [0.1, 0.15) is 25.0 Å². The van der Waals surface area contributed by atoms with Gasteiger partial charge in [-0.1, -0.05) is 18.2 Å². The molecule has 1 saturated heterocycles. The van der Waals surface area contributed by atoms with E-state index in [1.165, 1.54) is 0 Å². The normalized spacial score (nSPS) is 16.6. The van der Waals surface area contributed by atoms with Gasteiger partial charge in [0.1, 0.15) is 17.2 Å². The first-order valence-corrected chi connectivity index (χ1v) is 9.92. The Balaban J connectivity index is 1.74. The van der Waals surface area contributed by atoms with Crippen LogP contribution in [0.25, 0.3) is 6.08 Å². The van der Waals surface area contributed by atoms with Crippen molar-refractivity contribution in [3.8, 4) is 17.2 Å². The monoisotopic (exact) mass is 411 g/mol. The highest BCUT2D eigenvalue weighted by Crippen LogP contribution is 2.29. The minimum absolute atomic E-state index is 0.107. The maximum absolute atomic E-state index is 12.1. The lowest BCUT2D eigenvalue weighted by atomic mass is 10.2. The van der Waals surface area contributed by atoms with Crippen LogP contribution in [0, 0.1) is 0 Å². The van der Waals surface area contributed by atoms with Crippen molar-refractivity contribution in [3.05, 3.63) is 58.5 Å². The number of thioether (sulfide) groups is 1. The number of para-hydroxylation sites is 1. The lowest BCUT2D eigenvalue weighted by molar-refractivity contribution is -0.115. The number of phenols is 1. The van der Waals surface area contributed by atoms with Crippen LogP contribution in [0.4, 0.5) is 0 Å². The number of carbonyl (C=O) groups is 1. The van der Waals surface area contributed by atoms with Gasteiger partial charge in [-0.15, -0.1) is 5.10 Å². The van der Waals surface area contributed by atoms with Crippen molar-refractivity contribution in [2.45, 2.75) is 13.8 Å². The summed E-state index contributed by atoms with van der Waals surface area (Å²) in [6, 6.07) is 12.3. The number of carbonyl (C=O) groups excluding carboxylic acids is 1. The molecule has 1 heterocycles. The second-order valence-corrected chi connectivity index (χ2v) is 6.87. The smallest absolute Gasteiger partial charge is 0.264 e. The molecule has 7 nitrogen and oxygen atoms in total. The summed E-state index contributed by atoms with van der Waals surface area (Å²) in [7, 11) is 0. The molecule has 150 valence electrons. The third-order valence-corrected chi connectivity index (χ3v) is 4.72. The Hall–Kier alpha value is -3.26. The first-order valence-electron chi connectivity index (χ1n) is 9.10. The zero-order valence-corrected chi connectivity index (χ0v) is 16.9. The van der Waals surface area contributed by atoms with Gasteiger partial charge in [-0.2, -0.15) is 5.10 Å². The number of amidine groups is 1. The van der Waals surface area contributed by atoms with E-state index in [1.807, 2.05) is 26.0 Å². The molecule has 0 saturated carbocycles. The molecule has 1 fully saturated rings. The molecule has 29 heavy (non-hydrogen) atoms. The molecule has 0 aromatic heterocycles. The fourth-order valence-corrected chi connectivity index (χ4v) is 3.30. The maximum atomic E-state index is 12.1. The van der Waals surface area contributed by atoms with E-state index in [2.05, 4.69) is 15.5 Å². The Morgan fingerprint density at radius 3 is 2.66 bits per heavy atom. The standard InChI is InChI=1S/C21H21N3O4S/c1-3-27-16-10-9-15(18(12-16)28-4-2)13-22-24-21-23-20(26)19(29-21)11-14-7-5-6-8-17(14)25/h5-13,25H,3-4H2,1-2H3,(H,23,24,26)/b19-11-,22-13+. The maximum Gasteiger partial charge on any atom is 0.264 e. The van der Waals surface area contributed by atoms with Crippen molar-refractivity contribution < 1.29 is 19.4 Å². The highest BCUT2D eigenvalue weighted by molar-refractivity contribution is 8.18. The van der Waals surface area contributed by atoms with Gasteiger partial charge >= 0.3 is 0 Å². The van der Waals surface area contributed by atoms with Gasteiger partial charge in [0.15, 0.2) is 5.17 Å². The molecule has 1 aliphatic heterocycles. The number of phenolic OH excluding ortho intramolecular Hbond substituents is 1. The number of nitrogens with zero attached hydrogens (tertiary/aromatic N) is 2. The minimum Gasteiger partial charge on any atom is -0.507 e. The number of ether oxygens (including phenoxy) is 2. The van der Waals surface area contributed by atoms with E-state index >= 15 is 0 Å². The average Bonchev–Trinajstić information content (AvgIpc) is 3.05. The van der Waals surface area contributed by atoms with Crippen LogP contribution < -0.4 is 14.8 Å². The number of amides is 1. The second kappa shape index (κ2) is 9.79. The average molecular weight is 411 g/mol. The van der Waals surface area contributed by atoms with E-state index < -0.39 is 0 Å². The van der Waals surface area contributed by atoms with Gasteiger partial charge in [-0.05, 0) is 49.9 Å². The minimum atomic E-state index is -0.289. The van der Waals surface area contributed by atoms with E-state index in [4.69, 9.17) is 9.47 Å². The first kappa shape index (κ1) is 20.5. The molecule has 8 heteroatoms. The van der Waals surface area contributed by atoms with Crippen molar-refractivity contribution in [2.75, 3.05) is 13.2 Å². The molecule has 0 unspecified atom stereocenters. The predicted molar refractivity (Wildman–Crippen MR) is 116 cm³/mol. The molecule has 0 bridgehead atoms. The zero-order valence-electron chi connectivity index (χ0n) is 16.1.